The van der Waals surface area contributed by atoms with Gasteiger partial charge in [-0.3, -0.25) is 9.69 Å². The summed E-state index contributed by atoms with van der Waals surface area (Å²) in [4.78, 5) is 14.8. The van der Waals surface area contributed by atoms with E-state index in [-0.39, 0.29) is 41.3 Å². The molecule has 24 heavy (non-hydrogen) atoms. The number of hydrogen-bond acceptors (Lipinski definition) is 4. The van der Waals surface area contributed by atoms with Crippen LogP contribution in [0.15, 0.2) is 30.3 Å². The van der Waals surface area contributed by atoms with Gasteiger partial charge >= 0.3 is 0 Å². The molecule has 3 aliphatic rings. The van der Waals surface area contributed by atoms with Crippen LogP contribution in [-0.2, 0) is 14.6 Å². The monoisotopic (exact) mass is 348 g/mol. The Bertz CT molecular complexity index is 713. The smallest absolute Gasteiger partial charge is 0.224 e. The van der Waals surface area contributed by atoms with Crippen LogP contribution >= 0.6 is 0 Å². The quantitative estimate of drug-likeness (QED) is 0.887. The fraction of sp³-hybridized carbons (Fsp3) is 0.611. The number of carbonyl (C=O) groups is 1. The Morgan fingerprint density at radius 2 is 1.79 bits per heavy atom. The predicted molar refractivity (Wildman–Crippen MR) is 92.5 cm³/mol. The molecule has 1 aliphatic carbocycles. The summed E-state index contributed by atoms with van der Waals surface area (Å²) in [5.41, 5.74) is 1.20. The van der Waals surface area contributed by atoms with Gasteiger partial charge in [-0.1, -0.05) is 30.3 Å². The van der Waals surface area contributed by atoms with E-state index in [9.17, 15) is 13.2 Å². The Labute approximate surface area is 143 Å². The molecule has 4 unspecified atom stereocenters. The number of sulfone groups is 1. The largest absolute Gasteiger partial charge is 0.350 e. The molecule has 5 nitrogen and oxygen atoms in total. The second-order valence-corrected chi connectivity index (χ2v) is 9.52. The van der Waals surface area contributed by atoms with Crippen molar-refractivity contribution in [1.29, 1.82) is 0 Å². The second kappa shape index (κ2) is 6.15. The van der Waals surface area contributed by atoms with E-state index in [2.05, 4.69) is 22.3 Å². The first kappa shape index (κ1) is 16.1. The van der Waals surface area contributed by atoms with Crippen LogP contribution in [0.25, 0.3) is 0 Å². The number of hydrogen-bond donors (Lipinski definition) is 1. The number of amides is 1. The van der Waals surface area contributed by atoms with Crippen molar-refractivity contribution < 1.29 is 13.2 Å². The van der Waals surface area contributed by atoms with E-state index in [0.29, 0.717) is 0 Å². The summed E-state index contributed by atoms with van der Waals surface area (Å²) in [6, 6.07) is 9.79. The topological polar surface area (TPSA) is 66.5 Å². The van der Waals surface area contributed by atoms with Gasteiger partial charge in [-0.25, -0.2) is 8.42 Å². The van der Waals surface area contributed by atoms with Crippen LogP contribution in [0, 0.1) is 5.92 Å². The van der Waals surface area contributed by atoms with Crippen LogP contribution in [0.4, 0.5) is 0 Å². The van der Waals surface area contributed by atoms with Crippen molar-refractivity contribution >= 4 is 15.7 Å². The van der Waals surface area contributed by atoms with Gasteiger partial charge in [0.05, 0.1) is 17.5 Å². The molecule has 0 bridgehead atoms. The first-order valence-electron chi connectivity index (χ1n) is 8.83. The van der Waals surface area contributed by atoms with Crippen LogP contribution < -0.4 is 5.32 Å². The number of likely N-dealkylation sites (tertiary alicyclic amines) is 1. The third kappa shape index (κ3) is 3.22. The standard InChI is InChI=1S/C18H24N2O3S/c21-18(15-10-14(15)13-6-2-1-3-7-13)19-16-11-24(22,23)12-17(16)20-8-4-5-9-20/h1-3,6-7,14-17H,4-5,8-12H2,(H,19,21). The molecule has 1 saturated carbocycles. The van der Waals surface area contributed by atoms with Crippen LogP contribution in [0.2, 0.25) is 0 Å². The molecular weight excluding hydrogens is 324 g/mol. The van der Waals surface area contributed by atoms with Gasteiger partial charge in [-0.15, -0.1) is 0 Å². The number of carbonyl (C=O) groups excluding carboxylic acids is 1. The van der Waals surface area contributed by atoms with Gasteiger partial charge in [-0.2, -0.15) is 0 Å². The molecule has 1 aromatic carbocycles. The lowest BCUT2D eigenvalue weighted by Gasteiger charge is -2.28. The van der Waals surface area contributed by atoms with Crippen molar-refractivity contribution in [2.45, 2.75) is 37.3 Å². The lowest BCUT2D eigenvalue weighted by Crippen LogP contribution is -2.50. The van der Waals surface area contributed by atoms with Gasteiger partial charge in [0.1, 0.15) is 0 Å². The zero-order chi connectivity index (χ0) is 16.7. The minimum Gasteiger partial charge on any atom is -0.350 e. The highest BCUT2D eigenvalue weighted by molar-refractivity contribution is 7.91. The Kier molecular flexibility index (Phi) is 4.12. The van der Waals surface area contributed by atoms with Crippen molar-refractivity contribution in [1.82, 2.24) is 10.2 Å². The Morgan fingerprint density at radius 1 is 1.08 bits per heavy atom. The molecule has 1 N–H and O–H groups in total. The zero-order valence-corrected chi connectivity index (χ0v) is 14.5. The molecule has 2 heterocycles. The summed E-state index contributed by atoms with van der Waals surface area (Å²) in [5, 5.41) is 3.06. The maximum Gasteiger partial charge on any atom is 0.224 e. The molecule has 4 atom stereocenters. The fourth-order valence-electron chi connectivity index (χ4n) is 4.24. The molecule has 2 saturated heterocycles. The molecule has 4 rings (SSSR count). The predicted octanol–water partition coefficient (Wildman–Crippen LogP) is 1.17. The number of nitrogens with one attached hydrogen (secondary N) is 1. The van der Waals surface area contributed by atoms with E-state index >= 15 is 0 Å². The second-order valence-electron chi connectivity index (χ2n) is 7.36. The summed E-state index contributed by atoms with van der Waals surface area (Å²) in [7, 11) is -3.06. The van der Waals surface area contributed by atoms with E-state index in [4.69, 9.17) is 0 Å². The van der Waals surface area contributed by atoms with Gasteiger partial charge < -0.3 is 5.32 Å². The molecular formula is C18H24N2O3S. The molecule has 1 aromatic rings. The summed E-state index contributed by atoms with van der Waals surface area (Å²) in [6.07, 6.45) is 3.11. The minimum absolute atomic E-state index is 0.00469. The molecule has 6 heteroatoms. The lowest BCUT2D eigenvalue weighted by atomic mass is 10.1. The third-order valence-corrected chi connectivity index (χ3v) is 7.33. The third-order valence-electron chi connectivity index (χ3n) is 5.61. The van der Waals surface area contributed by atoms with Gasteiger partial charge in [0.2, 0.25) is 5.91 Å². The van der Waals surface area contributed by atoms with Crippen LogP contribution in [0.3, 0.4) is 0 Å². The number of benzene rings is 1. The van der Waals surface area contributed by atoms with Crippen molar-refractivity contribution in [3.05, 3.63) is 35.9 Å². The van der Waals surface area contributed by atoms with Gasteiger partial charge in [0.15, 0.2) is 9.84 Å². The number of rotatable bonds is 4. The lowest BCUT2D eigenvalue weighted by molar-refractivity contribution is -0.123. The molecule has 1 amide bonds. The van der Waals surface area contributed by atoms with Crippen molar-refractivity contribution in [3.8, 4) is 0 Å². The highest BCUT2D eigenvalue weighted by Gasteiger charge is 2.47. The van der Waals surface area contributed by atoms with Gasteiger partial charge in [0, 0.05) is 12.0 Å². The maximum absolute atomic E-state index is 12.6. The SMILES string of the molecule is O=C(NC1CS(=O)(=O)CC1N1CCCC1)C1CC1c1ccccc1. The van der Waals surface area contributed by atoms with Crippen LogP contribution in [-0.4, -0.2) is 55.9 Å². The minimum atomic E-state index is -3.06. The van der Waals surface area contributed by atoms with E-state index in [1.165, 1.54) is 5.56 Å². The first-order valence-corrected chi connectivity index (χ1v) is 10.7. The summed E-state index contributed by atoms with van der Waals surface area (Å²) in [5.74, 6) is 0.576. The van der Waals surface area contributed by atoms with Crippen LogP contribution in [0.1, 0.15) is 30.7 Å². The average molecular weight is 348 g/mol. The van der Waals surface area contributed by atoms with E-state index < -0.39 is 9.84 Å². The normalized spacial score (nSPS) is 35.0. The number of nitrogens with zero attached hydrogens (tertiary/aromatic N) is 1. The average Bonchev–Trinajstić information content (AvgIpc) is 3.06. The highest BCUT2D eigenvalue weighted by atomic mass is 32.2. The molecule has 0 radical (unpaired) electrons. The maximum atomic E-state index is 12.6. The Hall–Kier alpha value is -1.40. The molecule has 0 aromatic heterocycles. The Balaban J connectivity index is 1.41. The molecule has 2 aliphatic heterocycles. The zero-order valence-electron chi connectivity index (χ0n) is 13.7. The van der Waals surface area contributed by atoms with Crippen molar-refractivity contribution in [2.75, 3.05) is 24.6 Å². The highest BCUT2D eigenvalue weighted by Crippen LogP contribution is 2.47. The summed E-state index contributed by atoms with van der Waals surface area (Å²) < 4.78 is 24.2. The Morgan fingerprint density at radius 3 is 2.50 bits per heavy atom. The fourth-order valence-corrected chi connectivity index (χ4v) is 6.20. The van der Waals surface area contributed by atoms with Crippen molar-refractivity contribution in [3.63, 3.8) is 0 Å². The molecule has 0 spiro atoms. The molecule has 130 valence electrons. The molecule has 3 fully saturated rings. The van der Waals surface area contributed by atoms with Crippen molar-refractivity contribution in [2.24, 2.45) is 5.92 Å². The summed E-state index contributed by atoms with van der Waals surface area (Å²) in [6.45, 7) is 1.89. The van der Waals surface area contributed by atoms with E-state index in [0.717, 1.165) is 32.4 Å². The first-order chi connectivity index (χ1) is 11.5. The van der Waals surface area contributed by atoms with Gasteiger partial charge in [-0.05, 0) is 43.8 Å². The summed E-state index contributed by atoms with van der Waals surface area (Å²) >= 11 is 0. The van der Waals surface area contributed by atoms with Gasteiger partial charge in [0.25, 0.3) is 0 Å². The van der Waals surface area contributed by atoms with Crippen LogP contribution in [0.5, 0.6) is 0 Å². The van der Waals surface area contributed by atoms with E-state index in [1.54, 1.807) is 0 Å². The van der Waals surface area contributed by atoms with E-state index in [1.807, 2.05) is 18.2 Å².